The summed E-state index contributed by atoms with van der Waals surface area (Å²) < 4.78 is 5.64. The second kappa shape index (κ2) is 7.68. The Morgan fingerprint density at radius 1 is 1.16 bits per heavy atom. The zero-order valence-electron chi connectivity index (χ0n) is 13.4. The molecule has 0 fully saturated rings. The van der Waals surface area contributed by atoms with Gasteiger partial charge in [-0.2, -0.15) is 0 Å². The van der Waals surface area contributed by atoms with Crippen LogP contribution >= 0.6 is 23.2 Å². The number of ether oxygens (including phenoxy) is 1. The SMILES string of the molecule is CCN(C(=O)COc1ncnc2c(Cl)cc(Cl)cc12)c1ccccc1. The van der Waals surface area contributed by atoms with Gasteiger partial charge in [0.05, 0.1) is 15.9 Å². The molecule has 0 unspecified atom stereocenters. The first-order valence-electron chi connectivity index (χ1n) is 7.68. The maximum absolute atomic E-state index is 12.5. The highest BCUT2D eigenvalue weighted by molar-refractivity contribution is 6.38. The summed E-state index contributed by atoms with van der Waals surface area (Å²) in [5.74, 6) is 0.0976. The van der Waals surface area contributed by atoms with E-state index in [1.54, 1.807) is 17.0 Å². The van der Waals surface area contributed by atoms with Crippen LogP contribution in [0.1, 0.15) is 6.92 Å². The van der Waals surface area contributed by atoms with Gasteiger partial charge in [-0.1, -0.05) is 41.4 Å². The van der Waals surface area contributed by atoms with E-state index < -0.39 is 0 Å². The van der Waals surface area contributed by atoms with Crippen molar-refractivity contribution in [3.05, 3.63) is 58.8 Å². The highest BCUT2D eigenvalue weighted by Crippen LogP contribution is 2.30. The van der Waals surface area contributed by atoms with Gasteiger partial charge >= 0.3 is 0 Å². The summed E-state index contributed by atoms with van der Waals surface area (Å²) in [5.41, 5.74) is 1.34. The molecule has 1 aromatic heterocycles. The molecule has 0 radical (unpaired) electrons. The monoisotopic (exact) mass is 375 g/mol. The lowest BCUT2D eigenvalue weighted by molar-refractivity contribution is -0.120. The Kier molecular flexibility index (Phi) is 5.36. The number of hydrogen-bond donors (Lipinski definition) is 0. The van der Waals surface area contributed by atoms with E-state index in [2.05, 4.69) is 9.97 Å². The van der Waals surface area contributed by atoms with Gasteiger partial charge in [0, 0.05) is 17.3 Å². The van der Waals surface area contributed by atoms with E-state index in [1.807, 2.05) is 37.3 Å². The lowest BCUT2D eigenvalue weighted by Crippen LogP contribution is -2.34. The fraction of sp³-hybridized carbons (Fsp3) is 0.167. The van der Waals surface area contributed by atoms with Crippen molar-refractivity contribution in [1.29, 1.82) is 0 Å². The molecule has 7 heteroatoms. The van der Waals surface area contributed by atoms with Crippen LogP contribution < -0.4 is 9.64 Å². The number of rotatable bonds is 5. The molecule has 1 heterocycles. The van der Waals surface area contributed by atoms with Gasteiger partial charge < -0.3 is 9.64 Å². The topological polar surface area (TPSA) is 55.3 Å². The zero-order chi connectivity index (χ0) is 17.8. The lowest BCUT2D eigenvalue weighted by atomic mass is 10.2. The molecule has 3 rings (SSSR count). The number of benzene rings is 2. The third-order valence-electron chi connectivity index (χ3n) is 3.64. The first-order valence-corrected chi connectivity index (χ1v) is 8.43. The number of nitrogens with zero attached hydrogens (tertiary/aromatic N) is 3. The van der Waals surface area contributed by atoms with Crippen LogP contribution in [0.5, 0.6) is 5.88 Å². The summed E-state index contributed by atoms with van der Waals surface area (Å²) >= 11 is 12.2. The van der Waals surface area contributed by atoms with Gasteiger partial charge in [-0.15, -0.1) is 0 Å². The molecule has 0 aliphatic heterocycles. The van der Waals surface area contributed by atoms with E-state index in [0.29, 0.717) is 27.5 Å². The molecule has 0 atom stereocenters. The van der Waals surface area contributed by atoms with Crippen LogP contribution in [0, 0.1) is 0 Å². The molecule has 0 bridgehead atoms. The van der Waals surface area contributed by atoms with Crippen molar-refractivity contribution in [2.24, 2.45) is 0 Å². The number of anilines is 1. The molecular weight excluding hydrogens is 361 g/mol. The number of halogens is 2. The van der Waals surface area contributed by atoms with E-state index in [0.717, 1.165) is 5.69 Å². The standard InChI is InChI=1S/C18H15Cl2N3O2/c1-2-23(13-6-4-3-5-7-13)16(24)10-25-18-14-8-12(19)9-15(20)17(14)21-11-22-18/h3-9,11H,2,10H2,1H3. The third kappa shape index (κ3) is 3.83. The molecule has 3 aromatic rings. The molecule has 0 spiro atoms. The number of carbonyl (C=O) groups is 1. The van der Waals surface area contributed by atoms with Gasteiger partial charge in [0.2, 0.25) is 5.88 Å². The summed E-state index contributed by atoms with van der Waals surface area (Å²) in [4.78, 5) is 22.4. The zero-order valence-corrected chi connectivity index (χ0v) is 15.0. The van der Waals surface area contributed by atoms with E-state index >= 15 is 0 Å². The van der Waals surface area contributed by atoms with Gasteiger partial charge in [0.15, 0.2) is 6.61 Å². The van der Waals surface area contributed by atoms with Crippen LogP contribution in [0.4, 0.5) is 5.69 Å². The van der Waals surface area contributed by atoms with E-state index in [-0.39, 0.29) is 18.4 Å². The Morgan fingerprint density at radius 3 is 2.64 bits per heavy atom. The van der Waals surface area contributed by atoms with Gasteiger partial charge in [-0.25, -0.2) is 9.97 Å². The molecule has 0 saturated heterocycles. The van der Waals surface area contributed by atoms with Crippen molar-refractivity contribution >= 4 is 45.7 Å². The van der Waals surface area contributed by atoms with E-state index in [1.165, 1.54) is 6.33 Å². The largest absolute Gasteiger partial charge is 0.467 e. The predicted molar refractivity (Wildman–Crippen MR) is 99.5 cm³/mol. The van der Waals surface area contributed by atoms with Crippen molar-refractivity contribution < 1.29 is 9.53 Å². The lowest BCUT2D eigenvalue weighted by Gasteiger charge is -2.21. The quantitative estimate of drug-likeness (QED) is 0.664. The highest BCUT2D eigenvalue weighted by Gasteiger charge is 2.16. The van der Waals surface area contributed by atoms with Crippen LogP contribution in [0.3, 0.4) is 0 Å². The van der Waals surface area contributed by atoms with Gasteiger partial charge in [0.1, 0.15) is 6.33 Å². The molecule has 0 aliphatic rings. The van der Waals surface area contributed by atoms with Crippen LogP contribution in [-0.4, -0.2) is 29.0 Å². The fourth-order valence-corrected chi connectivity index (χ4v) is 3.04. The molecule has 128 valence electrons. The van der Waals surface area contributed by atoms with Crippen LogP contribution in [0.15, 0.2) is 48.8 Å². The minimum Gasteiger partial charge on any atom is -0.467 e. The second-order valence-corrected chi connectivity index (χ2v) is 6.07. The minimum absolute atomic E-state index is 0.154. The van der Waals surface area contributed by atoms with E-state index in [9.17, 15) is 4.79 Å². The molecule has 0 saturated carbocycles. The summed E-state index contributed by atoms with van der Waals surface area (Å²) in [7, 11) is 0. The molecule has 0 aliphatic carbocycles. The van der Waals surface area contributed by atoms with E-state index in [4.69, 9.17) is 27.9 Å². The van der Waals surface area contributed by atoms with Crippen molar-refractivity contribution in [2.45, 2.75) is 6.92 Å². The Balaban J connectivity index is 1.82. The Labute approximate surface area is 155 Å². The van der Waals surface area contributed by atoms with Gasteiger partial charge in [-0.05, 0) is 31.2 Å². The smallest absolute Gasteiger partial charge is 0.264 e. The number of carbonyl (C=O) groups excluding carboxylic acids is 1. The normalized spacial score (nSPS) is 10.7. The second-order valence-electron chi connectivity index (χ2n) is 5.22. The molecule has 0 N–H and O–H groups in total. The molecule has 2 aromatic carbocycles. The Morgan fingerprint density at radius 2 is 1.92 bits per heavy atom. The Hall–Kier alpha value is -2.37. The summed E-state index contributed by atoms with van der Waals surface area (Å²) in [6.45, 7) is 2.29. The van der Waals surface area contributed by atoms with Crippen LogP contribution in [-0.2, 0) is 4.79 Å². The number of hydrogen-bond acceptors (Lipinski definition) is 4. The average Bonchev–Trinajstić information content (AvgIpc) is 2.61. The Bertz CT molecular complexity index is 903. The molecule has 25 heavy (non-hydrogen) atoms. The number of fused-ring (bicyclic) bond motifs is 1. The maximum Gasteiger partial charge on any atom is 0.264 e. The van der Waals surface area contributed by atoms with Crippen LogP contribution in [0.2, 0.25) is 10.0 Å². The first kappa shape index (κ1) is 17.5. The summed E-state index contributed by atoms with van der Waals surface area (Å²) in [5, 5.41) is 1.42. The number of aromatic nitrogens is 2. The minimum atomic E-state index is -0.173. The predicted octanol–water partition coefficient (Wildman–Crippen LogP) is 4.37. The number of amides is 1. The van der Waals surface area contributed by atoms with Crippen molar-refractivity contribution in [1.82, 2.24) is 9.97 Å². The third-order valence-corrected chi connectivity index (χ3v) is 4.14. The van der Waals surface area contributed by atoms with Gasteiger partial charge in [0.25, 0.3) is 5.91 Å². The average molecular weight is 376 g/mol. The highest BCUT2D eigenvalue weighted by atomic mass is 35.5. The summed E-state index contributed by atoms with van der Waals surface area (Å²) in [6.07, 6.45) is 1.34. The molecule has 5 nitrogen and oxygen atoms in total. The number of para-hydroxylation sites is 1. The molecular formula is C18H15Cl2N3O2. The van der Waals surface area contributed by atoms with Gasteiger partial charge in [-0.3, -0.25) is 4.79 Å². The van der Waals surface area contributed by atoms with Crippen molar-refractivity contribution in [3.63, 3.8) is 0 Å². The molecule has 1 amide bonds. The summed E-state index contributed by atoms with van der Waals surface area (Å²) in [6, 6.07) is 12.7. The number of likely N-dealkylation sites (N-methyl/N-ethyl adjacent to an activating group) is 1. The van der Waals surface area contributed by atoms with Crippen molar-refractivity contribution in [2.75, 3.05) is 18.1 Å². The first-order chi connectivity index (χ1) is 12.1. The van der Waals surface area contributed by atoms with Crippen LogP contribution in [0.25, 0.3) is 10.9 Å². The van der Waals surface area contributed by atoms with Crippen molar-refractivity contribution in [3.8, 4) is 5.88 Å². The maximum atomic E-state index is 12.5. The fourth-order valence-electron chi connectivity index (χ4n) is 2.50.